The summed E-state index contributed by atoms with van der Waals surface area (Å²) in [6.07, 6.45) is 0. The molecule has 5 rings (SSSR count). The lowest BCUT2D eigenvalue weighted by molar-refractivity contribution is 0.898. The average molecular weight is 413 g/mol. The zero-order chi connectivity index (χ0) is 20.5. The number of para-hydroxylation sites is 3. The summed E-state index contributed by atoms with van der Waals surface area (Å²) in [4.78, 5) is 21.9. The minimum absolute atomic E-state index is 0.159. The molecule has 2 heterocycles. The molecule has 4 aromatic rings. The van der Waals surface area contributed by atoms with Gasteiger partial charge in [-0.25, -0.2) is 4.98 Å². The van der Waals surface area contributed by atoms with Crippen molar-refractivity contribution in [3.05, 3.63) is 100 Å². The Bertz CT molecular complexity index is 1300. The molecule has 0 saturated heterocycles. The summed E-state index contributed by atoms with van der Waals surface area (Å²) in [5, 5.41) is 6.84. The number of nitrogens with zero attached hydrogens (tertiary/aromatic N) is 3. The fourth-order valence-corrected chi connectivity index (χ4v) is 4.88. The Morgan fingerprint density at radius 3 is 2.60 bits per heavy atom. The summed E-state index contributed by atoms with van der Waals surface area (Å²) >= 11 is 1.74. The van der Waals surface area contributed by atoms with Crippen LogP contribution in [-0.4, -0.2) is 28.5 Å². The molecule has 0 saturated carbocycles. The van der Waals surface area contributed by atoms with Crippen molar-refractivity contribution >= 4 is 34.2 Å². The van der Waals surface area contributed by atoms with Gasteiger partial charge in [-0.05, 0) is 30.3 Å². The molecule has 0 bridgehead atoms. The molecule has 148 valence electrons. The molecule has 1 aliphatic rings. The number of anilines is 1. The van der Waals surface area contributed by atoms with Gasteiger partial charge in [0.25, 0.3) is 5.56 Å². The second-order valence-electron chi connectivity index (χ2n) is 7.17. The topological polar surface area (TPSA) is 61.4 Å². The van der Waals surface area contributed by atoms with Gasteiger partial charge in [-0.2, -0.15) is 5.10 Å². The van der Waals surface area contributed by atoms with Crippen LogP contribution < -0.4 is 10.6 Å². The Kier molecular flexibility index (Phi) is 4.85. The molecule has 0 amide bonds. The molecule has 3 aromatic carbocycles. The normalized spacial score (nSPS) is 17.1. The molecule has 0 radical (unpaired) electrons. The summed E-state index contributed by atoms with van der Waals surface area (Å²) in [5.74, 6) is 0.511. The zero-order valence-electron chi connectivity index (χ0n) is 16.4. The summed E-state index contributed by atoms with van der Waals surface area (Å²) in [6, 6.07) is 25.8. The Labute approximate surface area is 178 Å². The largest absolute Gasteiger partial charge is 0.319 e. The van der Waals surface area contributed by atoms with E-state index in [0.29, 0.717) is 11.4 Å². The summed E-state index contributed by atoms with van der Waals surface area (Å²) < 4.78 is 0. The molecule has 1 atom stereocenters. The molecule has 30 heavy (non-hydrogen) atoms. The third-order valence-electron chi connectivity index (χ3n) is 5.24. The second-order valence-corrected chi connectivity index (χ2v) is 8.23. The number of hydrogen-bond donors (Lipinski definition) is 1. The van der Waals surface area contributed by atoms with Gasteiger partial charge in [-0.15, -0.1) is 11.8 Å². The first-order valence-corrected chi connectivity index (χ1v) is 10.8. The van der Waals surface area contributed by atoms with E-state index in [9.17, 15) is 4.79 Å². The van der Waals surface area contributed by atoms with Crippen LogP contribution in [0.15, 0.2) is 93.7 Å². The lowest BCUT2D eigenvalue weighted by atomic mass is 9.94. The minimum atomic E-state index is -0.204. The molecular formula is C24H20N4OS. The van der Waals surface area contributed by atoms with Gasteiger partial charge in [-0.1, -0.05) is 48.5 Å². The number of benzene rings is 3. The van der Waals surface area contributed by atoms with Gasteiger partial charge in [0, 0.05) is 23.3 Å². The van der Waals surface area contributed by atoms with E-state index in [1.54, 1.807) is 11.8 Å². The van der Waals surface area contributed by atoms with Crippen molar-refractivity contribution in [2.75, 3.05) is 17.8 Å². The Hall–Kier alpha value is -3.38. The average Bonchev–Trinajstić information content (AvgIpc) is 2.79. The number of nitrogens with one attached hydrogen (secondary N) is 1. The van der Waals surface area contributed by atoms with Crippen LogP contribution in [0.1, 0.15) is 17.2 Å². The van der Waals surface area contributed by atoms with Gasteiger partial charge >= 0.3 is 0 Å². The maximum absolute atomic E-state index is 12.9. The highest BCUT2D eigenvalue weighted by Crippen LogP contribution is 2.37. The number of aromatic amines is 1. The predicted molar refractivity (Wildman–Crippen MR) is 124 cm³/mol. The smallest absolute Gasteiger partial charge is 0.270 e. The van der Waals surface area contributed by atoms with Crippen molar-refractivity contribution in [2.45, 2.75) is 10.8 Å². The van der Waals surface area contributed by atoms with Crippen molar-refractivity contribution in [2.24, 2.45) is 5.10 Å². The lowest BCUT2D eigenvalue weighted by Crippen LogP contribution is -2.30. The maximum atomic E-state index is 12.9. The lowest BCUT2D eigenvalue weighted by Gasteiger charge is -2.27. The van der Waals surface area contributed by atoms with Gasteiger partial charge in [0.15, 0.2) is 0 Å². The fraction of sp³-hybridized carbons (Fsp3) is 0.125. The number of H-pyrrole nitrogens is 1. The molecule has 0 fully saturated rings. The summed E-state index contributed by atoms with van der Waals surface area (Å²) in [7, 11) is 1.93. The Morgan fingerprint density at radius 1 is 1.00 bits per heavy atom. The predicted octanol–water partition coefficient (Wildman–Crippen LogP) is 4.65. The highest BCUT2D eigenvalue weighted by Gasteiger charge is 2.31. The molecule has 1 unspecified atom stereocenters. The molecule has 1 N–H and O–H groups in total. The molecule has 1 aromatic heterocycles. The van der Waals surface area contributed by atoms with Crippen molar-refractivity contribution in [1.29, 1.82) is 0 Å². The molecule has 6 heteroatoms. The quantitative estimate of drug-likeness (QED) is 0.498. The number of hydrogen-bond acceptors (Lipinski definition) is 5. The summed E-state index contributed by atoms with van der Waals surface area (Å²) in [5.41, 5.74) is 4.78. The molecule has 0 spiro atoms. The molecule has 5 nitrogen and oxygen atoms in total. The number of fused-ring (bicyclic) bond motifs is 2. The van der Waals surface area contributed by atoms with Crippen LogP contribution in [0, 0.1) is 0 Å². The van der Waals surface area contributed by atoms with Crippen molar-refractivity contribution in [1.82, 2.24) is 9.97 Å². The van der Waals surface area contributed by atoms with E-state index in [-0.39, 0.29) is 11.5 Å². The first-order chi connectivity index (χ1) is 14.7. The van der Waals surface area contributed by atoms with E-state index < -0.39 is 0 Å². The van der Waals surface area contributed by atoms with Crippen LogP contribution in [0.2, 0.25) is 0 Å². The van der Waals surface area contributed by atoms with Gasteiger partial charge < -0.3 is 4.98 Å². The molecule has 1 aliphatic heterocycles. The standard InChI is InChI=1S/C24H20N4OS/c1-28(16-9-3-2-4-10-16)27-22-17-11-5-8-14-21(17)30-15-18(22)23-24(29)26-20-13-7-6-12-19(20)25-23/h2-14,18H,15H2,1H3,(H,26,29)/b27-22-. The van der Waals surface area contributed by atoms with Gasteiger partial charge in [-0.3, -0.25) is 9.80 Å². The Morgan fingerprint density at radius 2 is 1.73 bits per heavy atom. The van der Waals surface area contributed by atoms with Crippen LogP contribution in [0.5, 0.6) is 0 Å². The van der Waals surface area contributed by atoms with E-state index >= 15 is 0 Å². The number of hydrazone groups is 1. The van der Waals surface area contributed by atoms with Crippen LogP contribution in [-0.2, 0) is 0 Å². The molecule has 0 aliphatic carbocycles. The minimum Gasteiger partial charge on any atom is -0.319 e. The first kappa shape index (κ1) is 18.6. The Balaban J connectivity index is 1.66. The number of aromatic nitrogens is 2. The van der Waals surface area contributed by atoms with Gasteiger partial charge in [0.1, 0.15) is 5.69 Å². The van der Waals surface area contributed by atoms with Crippen molar-refractivity contribution < 1.29 is 0 Å². The fourth-order valence-electron chi connectivity index (χ4n) is 3.72. The van der Waals surface area contributed by atoms with E-state index in [1.165, 1.54) is 4.90 Å². The number of rotatable bonds is 3. The number of thioether (sulfide) groups is 1. The van der Waals surface area contributed by atoms with Crippen LogP contribution in [0.4, 0.5) is 5.69 Å². The monoisotopic (exact) mass is 412 g/mol. The third kappa shape index (κ3) is 3.39. The maximum Gasteiger partial charge on any atom is 0.270 e. The van der Waals surface area contributed by atoms with E-state index in [1.807, 2.05) is 78.8 Å². The first-order valence-electron chi connectivity index (χ1n) is 9.79. The zero-order valence-corrected chi connectivity index (χ0v) is 17.3. The van der Waals surface area contributed by atoms with Gasteiger partial charge in [0.2, 0.25) is 0 Å². The van der Waals surface area contributed by atoms with Crippen molar-refractivity contribution in [3.63, 3.8) is 0 Å². The van der Waals surface area contributed by atoms with E-state index in [2.05, 4.69) is 17.1 Å². The van der Waals surface area contributed by atoms with Crippen molar-refractivity contribution in [3.8, 4) is 0 Å². The highest BCUT2D eigenvalue weighted by molar-refractivity contribution is 7.99. The SMILES string of the molecule is CN(/N=C1/c2ccccc2SCC1c1nc2ccccc2[nH]c1=O)c1ccccc1. The summed E-state index contributed by atoms with van der Waals surface area (Å²) in [6.45, 7) is 0. The third-order valence-corrected chi connectivity index (χ3v) is 6.41. The van der Waals surface area contributed by atoms with Crippen LogP contribution in [0.3, 0.4) is 0 Å². The molecular weight excluding hydrogens is 392 g/mol. The second kappa shape index (κ2) is 7.80. The van der Waals surface area contributed by atoms with Gasteiger partial charge in [0.05, 0.1) is 28.4 Å². The van der Waals surface area contributed by atoms with Crippen LogP contribution in [0.25, 0.3) is 11.0 Å². The highest BCUT2D eigenvalue weighted by atomic mass is 32.2. The van der Waals surface area contributed by atoms with Crippen LogP contribution >= 0.6 is 11.8 Å². The van der Waals surface area contributed by atoms with E-state index in [4.69, 9.17) is 10.1 Å². The van der Waals surface area contributed by atoms with E-state index in [0.717, 1.165) is 28.0 Å².